The van der Waals surface area contributed by atoms with Gasteiger partial charge in [-0.1, -0.05) is 11.2 Å². The highest BCUT2D eigenvalue weighted by Crippen LogP contribution is 2.21. The Balaban J connectivity index is 1.86. The van der Waals surface area contributed by atoms with Crippen molar-refractivity contribution >= 4 is 17.2 Å². The first-order valence-electron chi connectivity index (χ1n) is 4.76. The highest BCUT2D eigenvalue weighted by Gasteiger charge is 2.17. The van der Waals surface area contributed by atoms with Crippen LogP contribution in [0.15, 0.2) is 26.7 Å². The molecule has 2 N–H and O–H groups in total. The summed E-state index contributed by atoms with van der Waals surface area (Å²) in [6.45, 7) is 0. The monoisotopic (exact) mass is 249 g/mol. The standard InChI is InChI=1S/C9H7N5O2S/c10-8-7(13-16-14-8)9-11-6(12-15-9)4-5-2-1-3-17-5/h1-3H,4H2,(H2,10,14). The van der Waals surface area contributed by atoms with E-state index in [1.165, 1.54) is 0 Å². The second-order valence-corrected chi connectivity index (χ2v) is 4.30. The molecule has 0 aliphatic carbocycles. The summed E-state index contributed by atoms with van der Waals surface area (Å²) in [6, 6.07) is 3.98. The van der Waals surface area contributed by atoms with Crippen molar-refractivity contribution in [1.29, 1.82) is 0 Å². The second kappa shape index (κ2) is 3.98. The highest BCUT2D eigenvalue weighted by atomic mass is 32.1. The fraction of sp³-hybridized carbons (Fsp3) is 0.111. The first-order valence-corrected chi connectivity index (χ1v) is 5.64. The molecule has 0 unspecified atom stereocenters. The molecular weight excluding hydrogens is 242 g/mol. The van der Waals surface area contributed by atoms with Crippen LogP contribution in [0.25, 0.3) is 11.6 Å². The number of hydrogen-bond donors (Lipinski definition) is 1. The molecule has 8 heteroatoms. The summed E-state index contributed by atoms with van der Waals surface area (Å²) in [6.07, 6.45) is 0.617. The van der Waals surface area contributed by atoms with Crippen LogP contribution >= 0.6 is 11.3 Å². The lowest BCUT2D eigenvalue weighted by Crippen LogP contribution is -1.90. The van der Waals surface area contributed by atoms with Crippen molar-refractivity contribution in [2.75, 3.05) is 5.73 Å². The van der Waals surface area contributed by atoms with Gasteiger partial charge in [-0.05, 0) is 21.8 Å². The molecule has 3 aromatic rings. The van der Waals surface area contributed by atoms with Gasteiger partial charge in [-0.25, -0.2) is 4.63 Å². The largest absolute Gasteiger partial charge is 0.379 e. The van der Waals surface area contributed by atoms with E-state index in [9.17, 15) is 0 Å². The van der Waals surface area contributed by atoms with E-state index < -0.39 is 0 Å². The van der Waals surface area contributed by atoms with Crippen molar-refractivity contribution in [1.82, 2.24) is 20.5 Å². The molecule has 86 valence electrons. The third-order valence-corrected chi connectivity index (χ3v) is 2.97. The van der Waals surface area contributed by atoms with Crippen LogP contribution in [-0.4, -0.2) is 20.5 Å². The summed E-state index contributed by atoms with van der Waals surface area (Å²) >= 11 is 1.63. The minimum Gasteiger partial charge on any atom is -0.379 e. The number of thiophene rings is 1. The number of anilines is 1. The summed E-state index contributed by atoms with van der Waals surface area (Å²) < 4.78 is 9.50. The molecule has 3 rings (SSSR count). The zero-order valence-electron chi connectivity index (χ0n) is 8.53. The molecule has 0 aliphatic rings. The summed E-state index contributed by atoms with van der Waals surface area (Å²) in [5.74, 6) is 0.927. The Bertz CT molecular complexity index is 615. The van der Waals surface area contributed by atoms with Crippen LogP contribution in [-0.2, 0) is 6.42 Å². The molecule has 0 amide bonds. The van der Waals surface area contributed by atoms with E-state index in [2.05, 4.69) is 25.1 Å². The number of nitrogen functional groups attached to an aromatic ring is 1. The molecule has 0 fully saturated rings. The van der Waals surface area contributed by atoms with Gasteiger partial charge >= 0.3 is 0 Å². The van der Waals surface area contributed by atoms with Crippen LogP contribution in [0.1, 0.15) is 10.7 Å². The Hall–Kier alpha value is -2.22. The van der Waals surface area contributed by atoms with Crippen molar-refractivity contribution in [3.8, 4) is 11.6 Å². The Labute approximate surface area is 99.2 Å². The topological polar surface area (TPSA) is 104 Å². The molecule has 0 aromatic carbocycles. The van der Waals surface area contributed by atoms with E-state index >= 15 is 0 Å². The summed E-state index contributed by atoms with van der Waals surface area (Å²) in [5, 5.41) is 12.9. The summed E-state index contributed by atoms with van der Waals surface area (Å²) in [4.78, 5) is 5.33. The molecule has 0 spiro atoms. The van der Waals surface area contributed by atoms with E-state index in [0.29, 0.717) is 12.2 Å². The maximum absolute atomic E-state index is 5.52. The average Bonchev–Trinajstić information content (AvgIpc) is 3.00. The normalized spacial score (nSPS) is 10.8. The Morgan fingerprint density at radius 1 is 1.29 bits per heavy atom. The van der Waals surface area contributed by atoms with Crippen molar-refractivity contribution in [2.45, 2.75) is 6.42 Å². The predicted octanol–water partition coefficient (Wildman–Crippen LogP) is 1.35. The van der Waals surface area contributed by atoms with E-state index in [-0.39, 0.29) is 17.4 Å². The van der Waals surface area contributed by atoms with Crippen molar-refractivity contribution in [2.24, 2.45) is 0 Å². The van der Waals surface area contributed by atoms with Crippen LogP contribution in [0.5, 0.6) is 0 Å². The van der Waals surface area contributed by atoms with Gasteiger partial charge in [0.15, 0.2) is 5.82 Å². The first-order chi connectivity index (χ1) is 8.33. The minimum absolute atomic E-state index is 0.135. The first kappa shape index (κ1) is 9.97. The molecule has 0 atom stereocenters. The van der Waals surface area contributed by atoms with Crippen LogP contribution in [0.4, 0.5) is 5.82 Å². The molecule has 0 saturated heterocycles. The fourth-order valence-corrected chi connectivity index (χ4v) is 2.04. The molecule has 0 bridgehead atoms. The van der Waals surface area contributed by atoms with Gasteiger partial charge in [0.25, 0.3) is 5.89 Å². The number of nitrogens with two attached hydrogens (primary N) is 1. The van der Waals surface area contributed by atoms with Gasteiger partial charge in [0.2, 0.25) is 11.5 Å². The lowest BCUT2D eigenvalue weighted by atomic mass is 10.3. The lowest BCUT2D eigenvalue weighted by Gasteiger charge is -1.87. The van der Waals surface area contributed by atoms with Crippen molar-refractivity contribution < 1.29 is 9.15 Å². The molecule has 3 heterocycles. The summed E-state index contributed by atoms with van der Waals surface area (Å²) in [7, 11) is 0. The van der Waals surface area contributed by atoms with E-state index in [1.54, 1.807) is 11.3 Å². The van der Waals surface area contributed by atoms with E-state index in [1.807, 2.05) is 17.5 Å². The van der Waals surface area contributed by atoms with E-state index in [0.717, 1.165) is 4.88 Å². The molecule has 3 aromatic heterocycles. The minimum atomic E-state index is 0.135. The van der Waals surface area contributed by atoms with Gasteiger partial charge in [-0.2, -0.15) is 4.98 Å². The van der Waals surface area contributed by atoms with Gasteiger partial charge in [0, 0.05) is 11.3 Å². The average molecular weight is 249 g/mol. The van der Waals surface area contributed by atoms with Gasteiger partial charge in [0.1, 0.15) is 0 Å². The molecule has 0 radical (unpaired) electrons. The van der Waals surface area contributed by atoms with Crippen LogP contribution in [0, 0.1) is 0 Å². The highest BCUT2D eigenvalue weighted by molar-refractivity contribution is 7.09. The van der Waals surface area contributed by atoms with E-state index in [4.69, 9.17) is 10.3 Å². The van der Waals surface area contributed by atoms with Gasteiger partial charge in [-0.3, -0.25) is 0 Å². The molecule has 0 saturated carbocycles. The van der Waals surface area contributed by atoms with Crippen molar-refractivity contribution in [3.05, 3.63) is 28.2 Å². The number of rotatable bonds is 3. The lowest BCUT2D eigenvalue weighted by molar-refractivity contribution is 0.308. The zero-order chi connectivity index (χ0) is 11.7. The molecular formula is C9H7N5O2S. The SMILES string of the molecule is Nc1nonc1-c1nc(Cc2cccs2)no1. The third kappa shape index (κ3) is 1.89. The molecule has 7 nitrogen and oxygen atoms in total. The Morgan fingerprint density at radius 3 is 2.94 bits per heavy atom. The quantitative estimate of drug-likeness (QED) is 0.747. The van der Waals surface area contributed by atoms with Crippen LogP contribution in [0.3, 0.4) is 0 Å². The molecule has 0 aliphatic heterocycles. The second-order valence-electron chi connectivity index (χ2n) is 3.27. The van der Waals surface area contributed by atoms with Gasteiger partial charge in [-0.15, -0.1) is 11.3 Å². The Morgan fingerprint density at radius 2 is 2.24 bits per heavy atom. The van der Waals surface area contributed by atoms with Crippen LogP contribution < -0.4 is 5.73 Å². The zero-order valence-corrected chi connectivity index (χ0v) is 9.35. The Kier molecular flexibility index (Phi) is 2.33. The summed E-state index contributed by atoms with van der Waals surface area (Å²) in [5.41, 5.74) is 5.80. The smallest absolute Gasteiger partial charge is 0.284 e. The van der Waals surface area contributed by atoms with Crippen molar-refractivity contribution in [3.63, 3.8) is 0 Å². The predicted molar refractivity (Wildman–Crippen MR) is 59.1 cm³/mol. The number of aromatic nitrogens is 4. The number of hydrogen-bond acceptors (Lipinski definition) is 8. The van der Waals surface area contributed by atoms with Crippen LogP contribution in [0.2, 0.25) is 0 Å². The maximum Gasteiger partial charge on any atom is 0.284 e. The van der Waals surface area contributed by atoms with Gasteiger partial charge in [0.05, 0.1) is 0 Å². The third-order valence-electron chi connectivity index (χ3n) is 2.10. The van der Waals surface area contributed by atoms with Gasteiger partial charge < -0.3 is 10.3 Å². The number of nitrogens with zero attached hydrogens (tertiary/aromatic N) is 4. The fourth-order valence-electron chi connectivity index (χ4n) is 1.33. The maximum atomic E-state index is 5.52. The molecule has 17 heavy (non-hydrogen) atoms.